The summed E-state index contributed by atoms with van der Waals surface area (Å²) in [7, 11) is 0. The van der Waals surface area contributed by atoms with E-state index in [1.165, 1.54) is 0 Å². The fraction of sp³-hybridized carbons (Fsp3) is 0.143. The van der Waals surface area contributed by atoms with Crippen molar-refractivity contribution in [3.63, 3.8) is 0 Å². The van der Waals surface area contributed by atoms with E-state index in [-0.39, 0.29) is 12.1 Å². The van der Waals surface area contributed by atoms with Crippen LogP contribution in [-0.2, 0) is 6.18 Å². The second kappa shape index (κ2) is 4.26. The number of azide groups is 1. The van der Waals surface area contributed by atoms with E-state index in [0.717, 1.165) is 0 Å². The summed E-state index contributed by atoms with van der Waals surface area (Å²) in [6.07, 6.45) is -5.03. The third-order valence-corrected chi connectivity index (χ3v) is 1.72. The monoisotopic (exact) mass is 250 g/mol. The summed E-state index contributed by atoms with van der Waals surface area (Å²) in [4.78, 5) is 11.4. The minimum atomic E-state index is -5.03. The maximum atomic E-state index is 13.0. The number of nitrogens with zero attached hydrogens (tertiary/aromatic N) is 4. The van der Waals surface area contributed by atoms with Crippen molar-refractivity contribution < 1.29 is 22.5 Å². The Morgan fingerprint density at radius 2 is 2.00 bits per heavy atom. The first-order chi connectivity index (χ1) is 7.77. The van der Waals surface area contributed by atoms with Gasteiger partial charge in [0.15, 0.2) is 0 Å². The minimum absolute atomic E-state index is 0.0623. The number of hydrogen-bond acceptors (Lipinski definition) is 3. The van der Waals surface area contributed by atoms with Crippen LogP contribution in [0.15, 0.2) is 17.2 Å². The fourth-order valence-corrected chi connectivity index (χ4v) is 1.04. The van der Waals surface area contributed by atoms with Crippen molar-refractivity contribution in [3.05, 3.63) is 44.1 Å². The van der Waals surface area contributed by atoms with Gasteiger partial charge in [0.1, 0.15) is 11.5 Å². The lowest BCUT2D eigenvalue weighted by Crippen LogP contribution is -2.08. The molecule has 0 fully saturated rings. The van der Waals surface area contributed by atoms with E-state index >= 15 is 0 Å². The first kappa shape index (κ1) is 12.7. The van der Waals surface area contributed by atoms with Gasteiger partial charge in [-0.05, 0) is 11.6 Å². The molecule has 0 N–H and O–H groups in total. The van der Waals surface area contributed by atoms with Gasteiger partial charge in [0.05, 0.1) is 16.6 Å². The molecule has 0 aliphatic heterocycles. The lowest BCUT2D eigenvalue weighted by Gasteiger charge is -2.08. The van der Waals surface area contributed by atoms with Gasteiger partial charge in [-0.3, -0.25) is 10.1 Å². The van der Waals surface area contributed by atoms with E-state index in [9.17, 15) is 27.7 Å². The zero-order valence-electron chi connectivity index (χ0n) is 7.77. The molecule has 0 aliphatic rings. The molecular weight excluding hydrogens is 248 g/mol. The fourth-order valence-electron chi connectivity index (χ4n) is 1.04. The minimum Gasteiger partial charge on any atom is -0.258 e. The lowest BCUT2D eigenvalue weighted by atomic mass is 10.1. The van der Waals surface area contributed by atoms with Gasteiger partial charge in [0, 0.05) is 4.91 Å². The summed E-state index contributed by atoms with van der Waals surface area (Å²) in [5, 5.41) is 13.1. The van der Waals surface area contributed by atoms with Crippen LogP contribution in [0.3, 0.4) is 0 Å². The van der Waals surface area contributed by atoms with Gasteiger partial charge in [0.25, 0.3) is 5.69 Å². The molecule has 0 aliphatic carbocycles. The van der Waals surface area contributed by atoms with Crippen LogP contribution in [0, 0.1) is 15.9 Å². The number of nitro groups is 1. The average Bonchev–Trinajstić information content (AvgIpc) is 2.18. The lowest BCUT2D eigenvalue weighted by molar-refractivity contribution is -0.384. The van der Waals surface area contributed by atoms with Crippen LogP contribution in [-0.4, -0.2) is 4.92 Å². The standard InChI is InChI=1S/C7H2F4N4O2/c8-4-2-6(15(16)17)5(13-14-12)1-3(4)7(9,10)11/h1-2H. The third-order valence-electron chi connectivity index (χ3n) is 1.72. The van der Waals surface area contributed by atoms with Gasteiger partial charge >= 0.3 is 6.18 Å². The van der Waals surface area contributed by atoms with Crippen molar-refractivity contribution in [2.45, 2.75) is 6.18 Å². The van der Waals surface area contributed by atoms with Gasteiger partial charge < -0.3 is 0 Å². The molecule has 1 aromatic carbocycles. The summed E-state index contributed by atoms with van der Waals surface area (Å²) < 4.78 is 49.7. The number of rotatable bonds is 2. The molecule has 17 heavy (non-hydrogen) atoms. The second-order valence-corrected chi connectivity index (χ2v) is 2.77. The van der Waals surface area contributed by atoms with E-state index < -0.39 is 33.9 Å². The van der Waals surface area contributed by atoms with Gasteiger partial charge in [-0.15, -0.1) is 0 Å². The van der Waals surface area contributed by atoms with Gasteiger partial charge in [-0.2, -0.15) is 13.2 Å². The number of hydrogen-bond donors (Lipinski definition) is 0. The van der Waals surface area contributed by atoms with Crippen LogP contribution in [0.4, 0.5) is 28.9 Å². The Kier molecular flexibility index (Phi) is 3.19. The molecule has 0 saturated heterocycles. The van der Waals surface area contributed by atoms with E-state index in [2.05, 4.69) is 10.0 Å². The molecular formula is C7H2F4N4O2. The van der Waals surface area contributed by atoms with E-state index in [0.29, 0.717) is 0 Å². The van der Waals surface area contributed by atoms with Crippen LogP contribution in [0.25, 0.3) is 10.4 Å². The Bertz CT molecular complexity index is 521. The average molecular weight is 250 g/mol. The topological polar surface area (TPSA) is 91.9 Å². The zero-order chi connectivity index (χ0) is 13.2. The van der Waals surface area contributed by atoms with Crippen LogP contribution in [0.5, 0.6) is 0 Å². The molecule has 0 aromatic heterocycles. The zero-order valence-corrected chi connectivity index (χ0v) is 7.77. The van der Waals surface area contributed by atoms with Crippen molar-refractivity contribution in [1.29, 1.82) is 0 Å². The molecule has 1 rings (SSSR count). The highest BCUT2D eigenvalue weighted by Crippen LogP contribution is 2.38. The molecule has 0 saturated carbocycles. The van der Waals surface area contributed by atoms with Crippen molar-refractivity contribution in [2.24, 2.45) is 5.11 Å². The molecule has 0 atom stereocenters. The Hall–Kier alpha value is -2.35. The molecule has 0 spiro atoms. The third kappa shape index (κ3) is 2.61. The second-order valence-electron chi connectivity index (χ2n) is 2.77. The smallest absolute Gasteiger partial charge is 0.258 e. The van der Waals surface area contributed by atoms with Gasteiger partial charge in [0.2, 0.25) is 0 Å². The van der Waals surface area contributed by atoms with Crippen LogP contribution in [0.1, 0.15) is 5.56 Å². The van der Waals surface area contributed by atoms with Gasteiger partial charge in [-0.1, -0.05) is 5.11 Å². The molecule has 0 amide bonds. The van der Waals surface area contributed by atoms with Crippen LogP contribution in [0.2, 0.25) is 0 Å². The number of halogens is 4. The van der Waals surface area contributed by atoms with Crippen LogP contribution < -0.4 is 0 Å². The molecule has 0 unspecified atom stereocenters. The Labute approximate surface area is 90.2 Å². The highest BCUT2D eigenvalue weighted by molar-refractivity contribution is 5.59. The maximum absolute atomic E-state index is 13.0. The van der Waals surface area contributed by atoms with Crippen molar-refractivity contribution >= 4 is 11.4 Å². The number of nitro benzene ring substituents is 1. The van der Waals surface area contributed by atoms with Crippen molar-refractivity contribution in [1.82, 2.24) is 0 Å². The Balaban J connectivity index is 3.56. The van der Waals surface area contributed by atoms with Crippen LogP contribution >= 0.6 is 0 Å². The molecule has 0 heterocycles. The normalized spacial score (nSPS) is 10.8. The predicted molar refractivity (Wildman–Crippen MR) is 46.9 cm³/mol. The maximum Gasteiger partial charge on any atom is 0.419 e. The molecule has 90 valence electrons. The molecule has 6 nitrogen and oxygen atoms in total. The molecule has 10 heteroatoms. The van der Waals surface area contributed by atoms with E-state index in [4.69, 9.17) is 5.53 Å². The summed E-state index contributed by atoms with van der Waals surface area (Å²) >= 11 is 0. The largest absolute Gasteiger partial charge is 0.419 e. The predicted octanol–water partition coefficient (Wildman–Crippen LogP) is 3.69. The highest BCUT2D eigenvalue weighted by Gasteiger charge is 2.36. The summed E-state index contributed by atoms with van der Waals surface area (Å²) in [6, 6.07) is 0.153. The summed E-state index contributed by atoms with van der Waals surface area (Å²) in [5.41, 5.74) is 4.39. The van der Waals surface area contributed by atoms with Gasteiger partial charge in [-0.25, -0.2) is 4.39 Å². The first-order valence-corrected chi connectivity index (χ1v) is 3.87. The van der Waals surface area contributed by atoms with E-state index in [1.54, 1.807) is 0 Å². The molecule has 0 radical (unpaired) electrons. The number of alkyl halides is 3. The first-order valence-electron chi connectivity index (χ1n) is 3.87. The number of benzene rings is 1. The Morgan fingerprint density at radius 3 is 2.41 bits per heavy atom. The summed E-state index contributed by atoms with van der Waals surface area (Å²) in [6.45, 7) is 0. The molecule has 0 bridgehead atoms. The quantitative estimate of drug-likeness (QED) is 0.200. The highest BCUT2D eigenvalue weighted by atomic mass is 19.4. The Morgan fingerprint density at radius 1 is 1.41 bits per heavy atom. The molecule has 1 aromatic rings. The SMILES string of the molecule is [N-]=[N+]=Nc1cc(C(F)(F)F)c(F)cc1[N+](=O)[O-]. The van der Waals surface area contributed by atoms with Crippen molar-refractivity contribution in [3.8, 4) is 0 Å². The van der Waals surface area contributed by atoms with Crippen molar-refractivity contribution in [2.75, 3.05) is 0 Å². The summed E-state index contributed by atoms with van der Waals surface area (Å²) in [5.74, 6) is -1.80. The van der Waals surface area contributed by atoms with E-state index in [1.807, 2.05) is 0 Å².